The lowest BCUT2D eigenvalue weighted by molar-refractivity contribution is -0.116. The molecule has 2 nitrogen and oxygen atoms in total. The molecule has 1 aromatic carbocycles. The lowest BCUT2D eigenvalue weighted by atomic mass is 10.2. The van der Waals surface area contributed by atoms with Crippen LogP contribution in [0.4, 0.5) is 5.69 Å². The Labute approximate surface area is 89.5 Å². The van der Waals surface area contributed by atoms with E-state index in [-0.39, 0.29) is 11.8 Å². The Kier molecular flexibility index (Phi) is 3.96. The molecule has 0 saturated carbocycles. The Balaban J connectivity index is 2.89. The molecule has 0 fully saturated rings. The van der Waals surface area contributed by atoms with Crippen molar-refractivity contribution in [2.75, 3.05) is 17.3 Å². The van der Waals surface area contributed by atoms with Gasteiger partial charge in [-0.05, 0) is 26.0 Å². The average molecular weight is 212 g/mol. The lowest BCUT2D eigenvalue weighted by Gasteiger charge is -2.19. The van der Waals surface area contributed by atoms with Crippen LogP contribution in [-0.4, -0.2) is 18.3 Å². The van der Waals surface area contributed by atoms with E-state index in [2.05, 4.69) is 0 Å². The number of amides is 1. The molecule has 0 aliphatic heterocycles. The van der Waals surface area contributed by atoms with Crippen LogP contribution in [0.1, 0.15) is 12.5 Å². The lowest BCUT2D eigenvalue weighted by Crippen LogP contribution is -2.31. The van der Waals surface area contributed by atoms with E-state index in [0.29, 0.717) is 6.54 Å². The summed E-state index contributed by atoms with van der Waals surface area (Å²) in [7, 11) is 0. The number of benzene rings is 1. The van der Waals surface area contributed by atoms with Crippen molar-refractivity contribution in [3.05, 3.63) is 29.8 Å². The molecule has 0 heterocycles. The van der Waals surface area contributed by atoms with Gasteiger partial charge >= 0.3 is 0 Å². The molecule has 3 heteroatoms. The van der Waals surface area contributed by atoms with E-state index >= 15 is 0 Å². The molecule has 0 saturated heterocycles. The van der Waals surface area contributed by atoms with Crippen LogP contribution in [0, 0.1) is 6.92 Å². The summed E-state index contributed by atoms with van der Waals surface area (Å²) in [5.74, 6) is -0.0279. The third-order valence-electron chi connectivity index (χ3n) is 2.08. The molecule has 76 valence electrons. The van der Waals surface area contributed by atoms with Gasteiger partial charge in [0.25, 0.3) is 0 Å². The number of nitrogens with zero attached hydrogens (tertiary/aromatic N) is 1. The molecule has 1 amide bonds. The summed E-state index contributed by atoms with van der Waals surface area (Å²) in [6.45, 7) is 4.60. The molecule has 1 rings (SSSR count). The quantitative estimate of drug-likeness (QED) is 0.704. The van der Waals surface area contributed by atoms with E-state index in [4.69, 9.17) is 11.6 Å². The second-order valence-electron chi connectivity index (χ2n) is 3.11. The average Bonchev–Trinajstić information content (AvgIpc) is 2.21. The van der Waals surface area contributed by atoms with Gasteiger partial charge in [-0.3, -0.25) is 4.79 Å². The van der Waals surface area contributed by atoms with Gasteiger partial charge in [-0.1, -0.05) is 17.7 Å². The number of hydrogen-bond donors (Lipinski definition) is 0. The Morgan fingerprint density at radius 2 is 1.93 bits per heavy atom. The highest BCUT2D eigenvalue weighted by atomic mass is 35.5. The summed E-state index contributed by atoms with van der Waals surface area (Å²) < 4.78 is 0. The summed E-state index contributed by atoms with van der Waals surface area (Å²) in [4.78, 5) is 13.1. The van der Waals surface area contributed by atoms with Crippen molar-refractivity contribution in [2.24, 2.45) is 0 Å². The van der Waals surface area contributed by atoms with Gasteiger partial charge in [-0.25, -0.2) is 0 Å². The Bertz CT molecular complexity index is 308. The molecule has 0 aromatic heterocycles. The van der Waals surface area contributed by atoms with Crippen molar-refractivity contribution in [1.82, 2.24) is 0 Å². The highest BCUT2D eigenvalue weighted by molar-refractivity contribution is 6.29. The standard InChI is InChI=1S/C11H14ClNO/c1-3-13(11(14)8-12)10-6-4-9(2)5-7-10/h4-7H,3,8H2,1-2H3. The summed E-state index contributed by atoms with van der Waals surface area (Å²) in [5.41, 5.74) is 2.09. The minimum atomic E-state index is -0.0574. The highest BCUT2D eigenvalue weighted by Crippen LogP contribution is 2.15. The predicted octanol–water partition coefficient (Wildman–Crippen LogP) is 2.59. The van der Waals surface area contributed by atoms with E-state index in [1.165, 1.54) is 5.56 Å². The summed E-state index contributed by atoms with van der Waals surface area (Å²) in [5, 5.41) is 0. The third kappa shape index (κ3) is 2.48. The SMILES string of the molecule is CCN(C(=O)CCl)c1ccc(C)cc1. The van der Waals surface area contributed by atoms with Gasteiger partial charge in [-0.15, -0.1) is 11.6 Å². The maximum atomic E-state index is 11.4. The molecule has 0 radical (unpaired) electrons. The minimum Gasteiger partial charge on any atom is -0.312 e. The van der Waals surface area contributed by atoms with Crippen LogP contribution >= 0.6 is 11.6 Å². The van der Waals surface area contributed by atoms with Crippen molar-refractivity contribution in [3.8, 4) is 0 Å². The van der Waals surface area contributed by atoms with E-state index in [0.717, 1.165) is 5.69 Å². The maximum Gasteiger partial charge on any atom is 0.241 e. The smallest absolute Gasteiger partial charge is 0.241 e. The van der Waals surface area contributed by atoms with Gasteiger partial charge < -0.3 is 4.90 Å². The summed E-state index contributed by atoms with van der Waals surface area (Å²) in [6, 6.07) is 7.84. The van der Waals surface area contributed by atoms with Gasteiger partial charge in [0.15, 0.2) is 0 Å². The third-order valence-corrected chi connectivity index (χ3v) is 2.31. The monoisotopic (exact) mass is 211 g/mol. The van der Waals surface area contributed by atoms with E-state index < -0.39 is 0 Å². The molecule has 1 aromatic rings. The van der Waals surface area contributed by atoms with Crippen molar-refractivity contribution < 1.29 is 4.79 Å². The molecular formula is C11H14ClNO. The van der Waals surface area contributed by atoms with Gasteiger partial charge in [0.05, 0.1) is 0 Å². The number of rotatable bonds is 3. The number of aryl methyl sites for hydroxylation is 1. The first-order chi connectivity index (χ1) is 6.69. The van der Waals surface area contributed by atoms with E-state index in [1.807, 2.05) is 38.1 Å². The first kappa shape index (κ1) is 11.1. The molecular weight excluding hydrogens is 198 g/mol. The number of halogens is 1. The van der Waals surface area contributed by atoms with Crippen LogP contribution in [-0.2, 0) is 4.79 Å². The molecule has 0 atom stereocenters. The fourth-order valence-electron chi connectivity index (χ4n) is 1.30. The van der Waals surface area contributed by atoms with Crippen LogP contribution in [0.3, 0.4) is 0 Å². The largest absolute Gasteiger partial charge is 0.312 e. The minimum absolute atomic E-state index is 0.0295. The summed E-state index contributed by atoms with van der Waals surface area (Å²) >= 11 is 5.52. The van der Waals surface area contributed by atoms with Gasteiger partial charge in [0.1, 0.15) is 5.88 Å². The van der Waals surface area contributed by atoms with Crippen LogP contribution in [0.15, 0.2) is 24.3 Å². The van der Waals surface area contributed by atoms with E-state index in [1.54, 1.807) is 4.90 Å². The second-order valence-corrected chi connectivity index (χ2v) is 3.37. The zero-order chi connectivity index (χ0) is 10.6. The van der Waals surface area contributed by atoms with Gasteiger partial charge in [-0.2, -0.15) is 0 Å². The predicted molar refractivity (Wildman–Crippen MR) is 59.9 cm³/mol. The summed E-state index contributed by atoms with van der Waals surface area (Å²) in [6.07, 6.45) is 0. The molecule has 0 bridgehead atoms. The molecule has 0 aliphatic carbocycles. The van der Waals surface area contributed by atoms with Gasteiger partial charge in [0.2, 0.25) is 5.91 Å². The van der Waals surface area contributed by atoms with Crippen LogP contribution in [0.2, 0.25) is 0 Å². The first-order valence-corrected chi connectivity index (χ1v) is 5.15. The molecule has 0 spiro atoms. The second kappa shape index (κ2) is 5.01. The fourth-order valence-corrected chi connectivity index (χ4v) is 1.44. The molecule has 0 aliphatic rings. The number of hydrogen-bond acceptors (Lipinski definition) is 1. The maximum absolute atomic E-state index is 11.4. The Hall–Kier alpha value is -1.02. The molecule has 0 unspecified atom stereocenters. The van der Waals surface area contributed by atoms with E-state index in [9.17, 15) is 4.79 Å². The van der Waals surface area contributed by atoms with Crippen molar-refractivity contribution >= 4 is 23.2 Å². The number of alkyl halides is 1. The first-order valence-electron chi connectivity index (χ1n) is 4.62. The molecule has 14 heavy (non-hydrogen) atoms. The van der Waals surface area contributed by atoms with Crippen LogP contribution in [0.25, 0.3) is 0 Å². The zero-order valence-corrected chi connectivity index (χ0v) is 9.21. The normalized spacial score (nSPS) is 9.93. The zero-order valence-electron chi connectivity index (χ0n) is 8.46. The van der Waals surface area contributed by atoms with Crippen molar-refractivity contribution in [2.45, 2.75) is 13.8 Å². The van der Waals surface area contributed by atoms with Crippen LogP contribution in [0.5, 0.6) is 0 Å². The fraction of sp³-hybridized carbons (Fsp3) is 0.364. The van der Waals surface area contributed by atoms with Crippen molar-refractivity contribution in [1.29, 1.82) is 0 Å². The van der Waals surface area contributed by atoms with Crippen LogP contribution < -0.4 is 4.90 Å². The topological polar surface area (TPSA) is 20.3 Å². The molecule has 0 N–H and O–H groups in total. The number of anilines is 1. The number of carbonyl (C=O) groups excluding carboxylic acids is 1. The Morgan fingerprint density at radius 3 is 2.36 bits per heavy atom. The number of carbonyl (C=O) groups is 1. The van der Waals surface area contributed by atoms with Crippen molar-refractivity contribution in [3.63, 3.8) is 0 Å². The Morgan fingerprint density at radius 1 is 1.36 bits per heavy atom. The van der Waals surface area contributed by atoms with Gasteiger partial charge in [0, 0.05) is 12.2 Å². The highest BCUT2D eigenvalue weighted by Gasteiger charge is 2.11.